The molecule has 4 fully saturated rings. The zero-order valence-electron chi connectivity index (χ0n) is 32.4. The Hall–Kier alpha value is -5.66. The molecule has 1 nitrogen and oxygen atoms in total. The normalized spacial score (nSPS) is 24.1. The first-order valence-electron chi connectivity index (χ1n) is 21.0. The summed E-state index contributed by atoms with van der Waals surface area (Å²) in [6.07, 6.45) is 7.04. The van der Waals surface area contributed by atoms with E-state index in [0.717, 1.165) is 23.7 Å². The molecule has 4 bridgehead atoms. The molecular weight excluding hydrogens is 675 g/mol. The molecule has 1 spiro atoms. The van der Waals surface area contributed by atoms with Crippen molar-refractivity contribution in [1.29, 1.82) is 0 Å². The van der Waals surface area contributed by atoms with Crippen LogP contribution in [-0.2, 0) is 10.8 Å². The van der Waals surface area contributed by atoms with Crippen LogP contribution in [-0.4, -0.2) is 0 Å². The first kappa shape index (κ1) is 32.6. The second-order valence-corrected chi connectivity index (χ2v) is 18.1. The molecule has 6 aliphatic carbocycles. The topological polar surface area (TPSA) is 3.24 Å². The van der Waals surface area contributed by atoms with E-state index in [2.05, 4.69) is 183 Å². The average Bonchev–Trinajstić information content (AvgIpc) is 3.65. The summed E-state index contributed by atoms with van der Waals surface area (Å²) in [6, 6.07) is 62.3. The molecule has 0 unspecified atom stereocenters. The maximum atomic E-state index is 2.65. The number of rotatable bonds is 5. The molecule has 0 atom stereocenters. The average molecular weight is 722 g/mol. The third-order valence-corrected chi connectivity index (χ3v) is 15.1. The lowest BCUT2D eigenvalue weighted by Crippen LogP contribution is -2.55. The molecule has 6 aliphatic rings. The molecule has 56 heavy (non-hydrogen) atoms. The molecule has 0 heterocycles. The minimum absolute atomic E-state index is 0.103. The van der Waals surface area contributed by atoms with Gasteiger partial charge in [-0.25, -0.2) is 0 Å². The standard InChI is InChI=1S/C55H47N/c1-54(2)48-20-10-6-18-44(48)46-27-25-41(34-50(46)54)56(52-22-12-8-16-42(52)37-14-4-3-5-15-37)53-23-13-9-17-43(53)38-24-26-47-45-19-7-11-21-49(45)55(51(47)33-38)39-29-35-28-36(31-39)32-40(55)30-35/h3-27,33-36,39-40H,28-32H2,1-2H3. The lowest BCUT2D eigenvalue weighted by atomic mass is 9.43. The highest BCUT2D eigenvalue weighted by Crippen LogP contribution is 2.69. The summed E-state index contributed by atoms with van der Waals surface area (Å²) in [7, 11) is 0. The van der Waals surface area contributed by atoms with Gasteiger partial charge in [-0.05, 0) is 142 Å². The van der Waals surface area contributed by atoms with Gasteiger partial charge in [0.1, 0.15) is 0 Å². The molecule has 272 valence electrons. The fourth-order valence-electron chi connectivity index (χ4n) is 13.0. The highest BCUT2D eigenvalue weighted by atomic mass is 15.1. The van der Waals surface area contributed by atoms with Crippen molar-refractivity contribution in [1.82, 2.24) is 0 Å². The zero-order chi connectivity index (χ0) is 37.2. The van der Waals surface area contributed by atoms with E-state index >= 15 is 0 Å². The van der Waals surface area contributed by atoms with Crippen LogP contribution in [0.2, 0.25) is 0 Å². The lowest BCUT2D eigenvalue weighted by Gasteiger charge is -2.61. The molecule has 13 rings (SSSR count). The van der Waals surface area contributed by atoms with Crippen LogP contribution in [0.5, 0.6) is 0 Å². The summed E-state index contributed by atoms with van der Waals surface area (Å²) in [4.78, 5) is 2.55. The molecule has 0 saturated heterocycles. The van der Waals surface area contributed by atoms with Gasteiger partial charge < -0.3 is 4.90 Å². The number of para-hydroxylation sites is 2. The number of hydrogen-bond donors (Lipinski definition) is 0. The highest BCUT2D eigenvalue weighted by molar-refractivity contribution is 5.96. The quantitative estimate of drug-likeness (QED) is 0.171. The summed E-state index contributed by atoms with van der Waals surface area (Å²) in [5.74, 6) is 3.32. The second kappa shape index (κ2) is 11.9. The monoisotopic (exact) mass is 721 g/mol. The maximum Gasteiger partial charge on any atom is 0.0540 e. The summed E-state index contributed by atoms with van der Waals surface area (Å²) in [5.41, 5.74) is 20.3. The lowest BCUT2D eigenvalue weighted by molar-refractivity contribution is -0.0399. The first-order valence-corrected chi connectivity index (χ1v) is 21.0. The predicted octanol–water partition coefficient (Wildman–Crippen LogP) is 14.5. The van der Waals surface area contributed by atoms with E-state index in [1.165, 1.54) is 105 Å². The van der Waals surface area contributed by atoms with Crippen LogP contribution in [0.1, 0.15) is 68.2 Å². The van der Waals surface area contributed by atoms with Crippen LogP contribution in [0.15, 0.2) is 164 Å². The van der Waals surface area contributed by atoms with E-state index in [4.69, 9.17) is 0 Å². The van der Waals surface area contributed by atoms with Gasteiger partial charge in [-0.15, -0.1) is 0 Å². The van der Waals surface area contributed by atoms with Gasteiger partial charge in [-0.3, -0.25) is 0 Å². The van der Waals surface area contributed by atoms with Gasteiger partial charge in [-0.2, -0.15) is 0 Å². The Labute approximate surface area is 331 Å². The van der Waals surface area contributed by atoms with Crippen molar-refractivity contribution in [3.8, 4) is 44.5 Å². The van der Waals surface area contributed by atoms with Crippen LogP contribution in [0, 0.1) is 23.7 Å². The fourth-order valence-corrected chi connectivity index (χ4v) is 13.0. The van der Waals surface area contributed by atoms with E-state index in [1.807, 2.05) is 0 Å². The van der Waals surface area contributed by atoms with E-state index in [-0.39, 0.29) is 10.8 Å². The van der Waals surface area contributed by atoms with Gasteiger partial charge in [-0.1, -0.05) is 147 Å². The molecule has 7 aromatic rings. The minimum atomic E-state index is -0.103. The van der Waals surface area contributed by atoms with E-state index in [0.29, 0.717) is 0 Å². The van der Waals surface area contributed by atoms with E-state index < -0.39 is 0 Å². The van der Waals surface area contributed by atoms with Crippen molar-refractivity contribution >= 4 is 17.1 Å². The Bertz CT molecular complexity index is 2670. The van der Waals surface area contributed by atoms with Gasteiger partial charge >= 0.3 is 0 Å². The van der Waals surface area contributed by atoms with E-state index in [1.54, 1.807) is 11.1 Å². The number of benzene rings is 7. The van der Waals surface area contributed by atoms with Crippen LogP contribution < -0.4 is 4.90 Å². The molecule has 0 aromatic heterocycles. The van der Waals surface area contributed by atoms with E-state index in [9.17, 15) is 0 Å². The Morgan fingerprint density at radius 2 is 0.893 bits per heavy atom. The van der Waals surface area contributed by atoms with Crippen LogP contribution in [0.3, 0.4) is 0 Å². The van der Waals surface area contributed by atoms with Crippen molar-refractivity contribution in [2.24, 2.45) is 23.7 Å². The third kappa shape index (κ3) is 4.43. The summed E-state index contributed by atoms with van der Waals surface area (Å²) < 4.78 is 0. The number of fused-ring (bicyclic) bond motifs is 6. The van der Waals surface area contributed by atoms with Crippen molar-refractivity contribution < 1.29 is 0 Å². The Morgan fingerprint density at radius 3 is 1.57 bits per heavy atom. The smallest absolute Gasteiger partial charge is 0.0540 e. The van der Waals surface area contributed by atoms with Crippen LogP contribution >= 0.6 is 0 Å². The van der Waals surface area contributed by atoms with Gasteiger partial charge in [0, 0.05) is 27.6 Å². The number of nitrogens with zero attached hydrogens (tertiary/aromatic N) is 1. The Morgan fingerprint density at radius 1 is 0.393 bits per heavy atom. The number of anilines is 3. The van der Waals surface area contributed by atoms with Crippen LogP contribution in [0.4, 0.5) is 17.1 Å². The van der Waals surface area contributed by atoms with Gasteiger partial charge in [0.25, 0.3) is 0 Å². The minimum Gasteiger partial charge on any atom is -0.309 e. The molecule has 0 aliphatic heterocycles. The first-order chi connectivity index (χ1) is 27.5. The molecular formula is C55H47N. The molecule has 0 radical (unpaired) electrons. The SMILES string of the molecule is CC1(C)c2ccccc2-c2ccc(N(c3ccccc3-c3ccccc3)c3ccccc3-c3ccc4c(c3)C3(c5ccccc5-4)C4CC5CC(C4)CC3C5)cc21. The molecule has 0 amide bonds. The summed E-state index contributed by atoms with van der Waals surface area (Å²) in [5, 5.41) is 0. The van der Waals surface area contributed by atoms with Crippen molar-refractivity contribution in [3.63, 3.8) is 0 Å². The highest BCUT2D eigenvalue weighted by Gasteiger charge is 2.61. The second-order valence-electron chi connectivity index (χ2n) is 18.1. The van der Waals surface area contributed by atoms with Crippen LogP contribution in [0.25, 0.3) is 44.5 Å². The van der Waals surface area contributed by atoms with Gasteiger partial charge in [0.2, 0.25) is 0 Å². The van der Waals surface area contributed by atoms with Crippen molar-refractivity contribution in [2.75, 3.05) is 4.90 Å². The maximum absolute atomic E-state index is 2.65. The van der Waals surface area contributed by atoms with Crippen molar-refractivity contribution in [2.45, 2.75) is 56.8 Å². The molecule has 1 heteroatoms. The van der Waals surface area contributed by atoms with Gasteiger partial charge in [0.05, 0.1) is 11.4 Å². The summed E-state index contributed by atoms with van der Waals surface area (Å²) >= 11 is 0. The molecule has 0 N–H and O–H groups in total. The Balaban J connectivity index is 1.07. The summed E-state index contributed by atoms with van der Waals surface area (Å²) in [6.45, 7) is 4.78. The van der Waals surface area contributed by atoms with Gasteiger partial charge in [0.15, 0.2) is 0 Å². The zero-order valence-corrected chi connectivity index (χ0v) is 32.4. The third-order valence-electron chi connectivity index (χ3n) is 15.1. The van der Waals surface area contributed by atoms with Crippen molar-refractivity contribution in [3.05, 3.63) is 186 Å². The fraction of sp³-hybridized carbons (Fsp3) is 0.236. The number of hydrogen-bond acceptors (Lipinski definition) is 1. The molecule has 4 saturated carbocycles. The largest absolute Gasteiger partial charge is 0.309 e. The predicted molar refractivity (Wildman–Crippen MR) is 233 cm³/mol. The molecule has 7 aromatic carbocycles. The Kier molecular flexibility index (Phi) is 6.93.